The molecule has 0 aromatic heterocycles. The highest BCUT2D eigenvalue weighted by Gasteiger charge is 2.26. The number of unbranched alkanes of at least 4 members (excludes halogenated alkanes) is 2. The molecule has 3 rings (SSSR count). The first-order valence-electron chi connectivity index (χ1n) is 10.2. The molecule has 2 N–H and O–H groups in total. The zero-order chi connectivity index (χ0) is 21.7. The molecule has 1 saturated carbocycles. The average Bonchev–Trinajstić information content (AvgIpc) is 3.44. The maximum atomic E-state index is 13.9. The van der Waals surface area contributed by atoms with Gasteiger partial charge in [0, 0.05) is 12.6 Å². The van der Waals surface area contributed by atoms with Crippen LogP contribution < -0.4 is 14.8 Å². The van der Waals surface area contributed by atoms with Crippen LogP contribution in [0.5, 0.6) is 5.75 Å². The van der Waals surface area contributed by atoms with Gasteiger partial charge in [0.1, 0.15) is 6.54 Å². The van der Waals surface area contributed by atoms with Gasteiger partial charge in [0.25, 0.3) is 0 Å². The number of amides is 3. The molecule has 2 fully saturated rings. The van der Waals surface area contributed by atoms with Gasteiger partial charge in [0.2, 0.25) is 15.9 Å². The summed E-state index contributed by atoms with van der Waals surface area (Å²) >= 11 is 0. The van der Waals surface area contributed by atoms with Crippen molar-refractivity contribution in [3.05, 3.63) is 29.6 Å². The molecule has 0 spiro atoms. The highest BCUT2D eigenvalue weighted by atomic mass is 32.2. The van der Waals surface area contributed by atoms with E-state index < -0.39 is 27.9 Å². The number of carbonyl (C=O) groups is 2. The molecule has 1 aliphatic carbocycles. The molecule has 3 amide bonds. The Kier molecular flexibility index (Phi) is 7.30. The third kappa shape index (κ3) is 6.66. The molecule has 1 heterocycles. The molecule has 30 heavy (non-hydrogen) atoms. The Morgan fingerprint density at radius 3 is 2.70 bits per heavy atom. The quantitative estimate of drug-likeness (QED) is 0.383. The van der Waals surface area contributed by atoms with Crippen molar-refractivity contribution in [2.75, 3.05) is 25.4 Å². The summed E-state index contributed by atoms with van der Waals surface area (Å²) < 4.78 is 46.8. The van der Waals surface area contributed by atoms with Crippen LogP contribution in [0.3, 0.4) is 0 Å². The number of rotatable bonds is 12. The van der Waals surface area contributed by atoms with E-state index in [0.717, 1.165) is 12.8 Å². The van der Waals surface area contributed by atoms with Crippen molar-refractivity contribution < 1.29 is 27.1 Å². The fraction of sp³-hybridized carbons (Fsp3) is 0.600. The van der Waals surface area contributed by atoms with Gasteiger partial charge < -0.3 is 9.64 Å². The lowest BCUT2D eigenvalue weighted by atomic mass is 10.1. The van der Waals surface area contributed by atoms with Crippen LogP contribution in [0, 0.1) is 11.7 Å². The van der Waals surface area contributed by atoms with Crippen molar-refractivity contribution in [3.63, 3.8) is 0 Å². The van der Waals surface area contributed by atoms with E-state index in [1.807, 2.05) is 0 Å². The van der Waals surface area contributed by atoms with Crippen LogP contribution in [-0.2, 0) is 14.8 Å². The maximum Gasteiger partial charge on any atom is 0.324 e. The van der Waals surface area contributed by atoms with Crippen LogP contribution in [0.2, 0.25) is 0 Å². The number of halogens is 1. The first-order valence-corrected chi connectivity index (χ1v) is 11.9. The highest BCUT2D eigenvalue weighted by Crippen LogP contribution is 2.31. The fourth-order valence-electron chi connectivity index (χ4n) is 3.22. The molecule has 1 aliphatic heterocycles. The Morgan fingerprint density at radius 2 is 2.03 bits per heavy atom. The van der Waals surface area contributed by atoms with Crippen LogP contribution in [0.1, 0.15) is 50.6 Å². The van der Waals surface area contributed by atoms with E-state index in [1.165, 1.54) is 11.0 Å². The summed E-state index contributed by atoms with van der Waals surface area (Å²) in [4.78, 5) is 24.0. The largest absolute Gasteiger partial charge is 0.490 e. The van der Waals surface area contributed by atoms with Gasteiger partial charge in [-0.1, -0.05) is 12.5 Å². The summed E-state index contributed by atoms with van der Waals surface area (Å²) in [7, 11) is -3.52. The molecule has 0 bridgehead atoms. The summed E-state index contributed by atoms with van der Waals surface area (Å²) in [5.74, 6) is -0.181. The SMILES string of the molecule is C[C@@H](NS(=O)(=O)CCCCCN1CC(=O)NC1=O)c1ccc(F)c(OCC2CC2)c1. The summed E-state index contributed by atoms with van der Waals surface area (Å²) in [5.41, 5.74) is 0.635. The number of hydrogen-bond donors (Lipinski definition) is 2. The number of ether oxygens (including phenoxy) is 1. The standard InChI is InChI=1S/C20H28FN3O5S/c1-14(16-7-8-17(21)18(11-16)29-13-15-5-6-15)23-30(27,28)10-4-2-3-9-24-12-19(25)22-20(24)26/h7-8,11,14-15,23H,2-6,9-10,12-13H2,1H3,(H,22,25,26)/t14-/m1/s1. The zero-order valence-corrected chi connectivity index (χ0v) is 17.8. The molecule has 8 nitrogen and oxygen atoms in total. The van der Waals surface area contributed by atoms with Crippen LogP contribution in [0.25, 0.3) is 0 Å². The number of imide groups is 1. The van der Waals surface area contributed by atoms with Crippen LogP contribution in [-0.4, -0.2) is 50.7 Å². The van der Waals surface area contributed by atoms with Gasteiger partial charge in [-0.25, -0.2) is 22.3 Å². The van der Waals surface area contributed by atoms with Crippen molar-refractivity contribution in [1.82, 2.24) is 14.9 Å². The van der Waals surface area contributed by atoms with Gasteiger partial charge in [0.15, 0.2) is 11.6 Å². The lowest BCUT2D eigenvalue weighted by molar-refractivity contribution is -0.118. The number of hydrogen-bond acceptors (Lipinski definition) is 5. The van der Waals surface area contributed by atoms with E-state index in [2.05, 4.69) is 10.0 Å². The van der Waals surface area contributed by atoms with Crippen LogP contribution in [0.4, 0.5) is 9.18 Å². The molecule has 0 unspecified atom stereocenters. The Bertz CT molecular complexity index is 888. The zero-order valence-electron chi connectivity index (χ0n) is 17.0. The minimum atomic E-state index is -3.52. The monoisotopic (exact) mass is 441 g/mol. The van der Waals surface area contributed by atoms with Gasteiger partial charge in [-0.3, -0.25) is 10.1 Å². The second kappa shape index (κ2) is 9.74. The van der Waals surface area contributed by atoms with Gasteiger partial charge in [-0.15, -0.1) is 0 Å². The maximum absolute atomic E-state index is 13.9. The Balaban J connectivity index is 1.42. The lowest BCUT2D eigenvalue weighted by Gasteiger charge is -2.16. The number of urea groups is 1. The Morgan fingerprint density at radius 1 is 1.27 bits per heavy atom. The van der Waals surface area contributed by atoms with Gasteiger partial charge in [-0.2, -0.15) is 0 Å². The number of nitrogens with zero attached hydrogens (tertiary/aromatic N) is 1. The molecule has 10 heteroatoms. The molecule has 1 aromatic rings. The first kappa shape index (κ1) is 22.5. The number of benzene rings is 1. The second-order valence-corrected chi connectivity index (χ2v) is 9.81. The van der Waals surface area contributed by atoms with Crippen LogP contribution >= 0.6 is 0 Å². The van der Waals surface area contributed by atoms with Crippen LogP contribution in [0.15, 0.2) is 18.2 Å². The predicted octanol–water partition coefficient (Wildman–Crippen LogP) is 2.32. The fourth-order valence-corrected chi connectivity index (χ4v) is 4.60. The van der Waals surface area contributed by atoms with E-state index in [4.69, 9.17) is 4.74 Å². The van der Waals surface area contributed by atoms with Crippen molar-refractivity contribution in [2.24, 2.45) is 5.92 Å². The van der Waals surface area contributed by atoms with E-state index in [-0.39, 0.29) is 24.0 Å². The van der Waals surface area contributed by atoms with Gasteiger partial charge in [-0.05, 0) is 56.2 Å². The normalized spacial score (nSPS) is 17.9. The van der Waals surface area contributed by atoms with Crippen molar-refractivity contribution in [1.29, 1.82) is 0 Å². The first-order chi connectivity index (χ1) is 14.2. The van der Waals surface area contributed by atoms with E-state index in [1.54, 1.807) is 19.1 Å². The molecule has 1 saturated heterocycles. The Labute approximate surface area is 176 Å². The third-order valence-corrected chi connectivity index (χ3v) is 6.73. The summed E-state index contributed by atoms with van der Waals surface area (Å²) in [6.45, 7) is 2.66. The summed E-state index contributed by atoms with van der Waals surface area (Å²) in [6, 6.07) is 3.48. The molecule has 1 atom stereocenters. The molecular formula is C20H28FN3O5S. The minimum absolute atomic E-state index is 0.0469. The highest BCUT2D eigenvalue weighted by molar-refractivity contribution is 7.89. The Hall–Kier alpha value is -2.20. The second-order valence-electron chi connectivity index (χ2n) is 7.94. The van der Waals surface area contributed by atoms with Gasteiger partial charge >= 0.3 is 6.03 Å². The molecular weight excluding hydrogens is 413 g/mol. The number of sulfonamides is 1. The lowest BCUT2D eigenvalue weighted by Crippen LogP contribution is -2.30. The molecule has 2 aliphatic rings. The summed E-state index contributed by atoms with van der Waals surface area (Å²) in [6.07, 6.45) is 3.86. The number of carbonyl (C=O) groups excluding carboxylic acids is 2. The topological polar surface area (TPSA) is 105 Å². The third-order valence-electron chi connectivity index (χ3n) is 5.19. The predicted molar refractivity (Wildman–Crippen MR) is 109 cm³/mol. The minimum Gasteiger partial charge on any atom is -0.490 e. The van der Waals surface area contributed by atoms with Gasteiger partial charge in [0.05, 0.1) is 12.4 Å². The van der Waals surface area contributed by atoms with Crippen molar-refractivity contribution in [3.8, 4) is 5.75 Å². The van der Waals surface area contributed by atoms with E-state index in [0.29, 0.717) is 43.9 Å². The summed E-state index contributed by atoms with van der Waals surface area (Å²) in [5, 5.41) is 2.20. The number of nitrogens with one attached hydrogen (secondary N) is 2. The van der Waals surface area contributed by atoms with E-state index >= 15 is 0 Å². The van der Waals surface area contributed by atoms with Crippen molar-refractivity contribution in [2.45, 2.75) is 45.1 Å². The smallest absolute Gasteiger partial charge is 0.324 e. The molecule has 1 aromatic carbocycles. The molecule has 0 radical (unpaired) electrons. The van der Waals surface area contributed by atoms with E-state index in [9.17, 15) is 22.4 Å². The molecule has 166 valence electrons. The average molecular weight is 442 g/mol. The van der Waals surface area contributed by atoms with Crippen molar-refractivity contribution >= 4 is 22.0 Å².